The predicted octanol–water partition coefficient (Wildman–Crippen LogP) is 7.61. The van der Waals surface area contributed by atoms with Crippen LogP contribution in [0.4, 0.5) is 0 Å². The van der Waals surface area contributed by atoms with Crippen LogP contribution < -0.4 is 4.74 Å². The molecule has 0 bridgehead atoms. The Hall–Kier alpha value is -2.91. The minimum atomic E-state index is -0.929. The van der Waals surface area contributed by atoms with Crippen molar-refractivity contribution in [2.24, 2.45) is 16.7 Å². The first kappa shape index (κ1) is 37.5. The smallest absolute Gasteiger partial charge is 0.309 e. The highest BCUT2D eigenvalue weighted by molar-refractivity contribution is 5.84. The zero-order valence-corrected chi connectivity index (χ0v) is 29.0. The molecule has 0 fully saturated rings. The summed E-state index contributed by atoms with van der Waals surface area (Å²) >= 11 is 0. The molecule has 2 aromatic carbocycles. The Morgan fingerprint density at radius 3 is 2.09 bits per heavy atom. The number of aliphatic hydroxyl groups is 2. The summed E-state index contributed by atoms with van der Waals surface area (Å²) in [5, 5.41) is 21.5. The highest BCUT2D eigenvalue weighted by Crippen LogP contribution is 2.37. The molecule has 256 valence electrons. The van der Waals surface area contributed by atoms with Gasteiger partial charge in [0.25, 0.3) is 0 Å². The lowest BCUT2D eigenvalue weighted by atomic mass is 9.72. The van der Waals surface area contributed by atoms with E-state index in [1.165, 1.54) is 24.8 Å². The van der Waals surface area contributed by atoms with Crippen molar-refractivity contribution in [2.75, 3.05) is 39.6 Å². The number of aliphatic hydroxyl groups excluding tert-OH is 2. The zero-order valence-electron chi connectivity index (χ0n) is 29.0. The Morgan fingerprint density at radius 2 is 1.48 bits per heavy atom. The number of ether oxygens (including phenoxy) is 4. The van der Waals surface area contributed by atoms with Crippen molar-refractivity contribution in [1.82, 2.24) is 0 Å². The van der Waals surface area contributed by atoms with Crippen LogP contribution in [0.5, 0.6) is 5.75 Å². The van der Waals surface area contributed by atoms with Crippen LogP contribution in [0.15, 0.2) is 52.9 Å². The fourth-order valence-electron chi connectivity index (χ4n) is 5.14. The third-order valence-electron chi connectivity index (χ3n) is 7.80. The molecule has 3 unspecified atom stereocenters. The molecule has 3 rings (SSSR count). The number of aryl methyl sites for hydroxylation is 1. The summed E-state index contributed by atoms with van der Waals surface area (Å²) < 4.78 is 28.3. The van der Waals surface area contributed by atoms with Crippen molar-refractivity contribution in [3.63, 3.8) is 0 Å². The van der Waals surface area contributed by atoms with Crippen molar-refractivity contribution < 1.29 is 38.4 Å². The first-order valence-electron chi connectivity index (χ1n) is 16.7. The van der Waals surface area contributed by atoms with Gasteiger partial charge in [0.15, 0.2) is 0 Å². The molecule has 0 saturated heterocycles. The highest BCUT2D eigenvalue weighted by Gasteiger charge is 2.36. The number of hydrogen-bond acceptors (Lipinski definition) is 8. The summed E-state index contributed by atoms with van der Waals surface area (Å²) in [4.78, 5) is 12.7. The number of fused-ring (bicyclic) bond motifs is 1. The van der Waals surface area contributed by atoms with Gasteiger partial charge in [-0.25, -0.2) is 0 Å². The van der Waals surface area contributed by atoms with Crippen LogP contribution in [-0.4, -0.2) is 68.0 Å². The molecule has 0 aliphatic rings. The van der Waals surface area contributed by atoms with Crippen molar-refractivity contribution in [3.8, 4) is 17.1 Å². The van der Waals surface area contributed by atoms with Gasteiger partial charge < -0.3 is 33.6 Å². The fraction of sp³-hybridized carbons (Fsp3) is 0.605. The number of esters is 1. The summed E-state index contributed by atoms with van der Waals surface area (Å²) in [6, 6.07) is 16.2. The van der Waals surface area contributed by atoms with Gasteiger partial charge in [0.2, 0.25) is 0 Å². The molecule has 0 radical (unpaired) electrons. The number of carbonyl (C=O) groups excluding carboxylic acids is 1. The molecule has 1 heterocycles. The summed E-state index contributed by atoms with van der Waals surface area (Å²) in [5.74, 6) is 0.845. The second-order valence-corrected chi connectivity index (χ2v) is 14.5. The minimum Gasteiger partial charge on any atom is -0.491 e. The van der Waals surface area contributed by atoms with E-state index in [9.17, 15) is 15.0 Å². The zero-order chi connectivity index (χ0) is 33.7. The molecular weight excluding hydrogens is 584 g/mol. The first-order valence-corrected chi connectivity index (χ1v) is 16.7. The van der Waals surface area contributed by atoms with Crippen molar-refractivity contribution in [3.05, 3.63) is 54.1 Å². The SMILES string of the molecule is CCCCCc1ccc(-c2cc3ccc(OCC(O)COCCOCC(O)COC(=O)C(CC(C)(C)C)C(C)(C)C)cc3o2)cc1. The van der Waals surface area contributed by atoms with Gasteiger partial charge in [-0.2, -0.15) is 0 Å². The number of hydrogen-bond donors (Lipinski definition) is 2. The van der Waals surface area contributed by atoms with E-state index in [1.807, 2.05) is 45.0 Å². The van der Waals surface area contributed by atoms with Crippen LogP contribution >= 0.6 is 0 Å². The maximum atomic E-state index is 12.7. The standard InChI is InChI=1S/C38H56O8/c1-8-9-10-11-27-12-14-28(15-13-27)34-20-29-16-17-32(21-35(29)46-34)44-25-30(39)23-42-18-19-43-24-31(40)26-45-36(41)33(38(5,6)7)22-37(2,3)4/h12-17,20-21,30-31,33,39-40H,8-11,18-19,22-26H2,1-7H3. The average Bonchev–Trinajstić information content (AvgIpc) is 3.42. The van der Waals surface area contributed by atoms with E-state index < -0.39 is 12.2 Å². The Kier molecular flexibility index (Phi) is 14.6. The van der Waals surface area contributed by atoms with E-state index in [1.54, 1.807) is 0 Å². The molecular formula is C38H56O8. The van der Waals surface area contributed by atoms with Crippen LogP contribution in [0.25, 0.3) is 22.3 Å². The van der Waals surface area contributed by atoms with E-state index in [0.717, 1.165) is 28.7 Å². The summed E-state index contributed by atoms with van der Waals surface area (Å²) in [7, 11) is 0. The van der Waals surface area contributed by atoms with Gasteiger partial charge in [0, 0.05) is 17.0 Å². The lowest BCUT2D eigenvalue weighted by Crippen LogP contribution is -2.35. The lowest BCUT2D eigenvalue weighted by molar-refractivity contribution is -0.158. The quantitative estimate of drug-likeness (QED) is 0.102. The molecule has 0 amide bonds. The molecule has 3 aromatic rings. The second-order valence-electron chi connectivity index (χ2n) is 14.5. The number of benzene rings is 2. The van der Waals surface area contributed by atoms with E-state index in [-0.39, 0.29) is 62.4 Å². The maximum absolute atomic E-state index is 12.7. The fourth-order valence-corrected chi connectivity index (χ4v) is 5.14. The predicted molar refractivity (Wildman–Crippen MR) is 182 cm³/mol. The lowest BCUT2D eigenvalue weighted by Gasteiger charge is -2.34. The van der Waals surface area contributed by atoms with E-state index >= 15 is 0 Å². The molecule has 8 nitrogen and oxygen atoms in total. The number of furan rings is 1. The molecule has 2 N–H and O–H groups in total. The van der Waals surface area contributed by atoms with E-state index in [2.05, 4.69) is 52.0 Å². The molecule has 1 aromatic heterocycles. The number of unbranched alkanes of at least 4 members (excludes halogenated alkanes) is 2. The Balaban J connectivity index is 1.32. The topological polar surface area (TPSA) is 108 Å². The molecule has 3 atom stereocenters. The van der Waals surface area contributed by atoms with Crippen LogP contribution in [0.2, 0.25) is 0 Å². The largest absolute Gasteiger partial charge is 0.491 e. The van der Waals surface area contributed by atoms with Gasteiger partial charge in [-0.3, -0.25) is 4.79 Å². The van der Waals surface area contributed by atoms with E-state index in [0.29, 0.717) is 12.2 Å². The van der Waals surface area contributed by atoms with Crippen LogP contribution in [0.3, 0.4) is 0 Å². The maximum Gasteiger partial charge on any atom is 0.309 e. The van der Waals surface area contributed by atoms with Crippen molar-refractivity contribution in [1.29, 1.82) is 0 Å². The molecule has 0 aliphatic heterocycles. The van der Waals surface area contributed by atoms with Crippen molar-refractivity contribution in [2.45, 2.75) is 92.8 Å². The van der Waals surface area contributed by atoms with E-state index in [4.69, 9.17) is 23.4 Å². The van der Waals surface area contributed by atoms with Crippen molar-refractivity contribution >= 4 is 16.9 Å². The Labute approximate surface area is 275 Å². The average molecular weight is 641 g/mol. The Morgan fingerprint density at radius 1 is 0.826 bits per heavy atom. The van der Waals surface area contributed by atoms with Gasteiger partial charge >= 0.3 is 5.97 Å². The summed E-state index contributed by atoms with van der Waals surface area (Å²) in [6.45, 7) is 15.1. The number of carbonyl (C=O) groups is 1. The van der Waals surface area contributed by atoms with Gasteiger partial charge in [0.1, 0.15) is 42.5 Å². The van der Waals surface area contributed by atoms with Crippen LogP contribution in [-0.2, 0) is 25.4 Å². The summed E-state index contributed by atoms with van der Waals surface area (Å²) in [5.41, 5.74) is 2.84. The van der Waals surface area contributed by atoms with Crippen LogP contribution in [0.1, 0.15) is 79.7 Å². The summed E-state index contributed by atoms with van der Waals surface area (Å²) in [6.07, 6.45) is 3.72. The minimum absolute atomic E-state index is 0.0157. The molecule has 46 heavy (non-hydrogen) atoms. The molecule has 0 aliphatic carbocycles. The van der Waals surface area contributed by atoms with Gasteiger partial charge in [-0.05, 0) is 53.9 Å². The first-order chi connectivity index (χ1) is 21.7. The van der Waals surface area contributed by atoms with Crippen LogP contribution in [0, 0.1) is 16.7 Å². The third kappa shape index (κ3) is 13.1. The molecule has 0 spiro atoms. The number of rotatable bonds is 19. The molecule has 0 saturated carbocycles. The third-order valence-corrected chi connectivity index (χ3v) is 7.80. The monoisotopic (exact) mass is 640 g/mol. The normalized spacial score (nSPS) is 14.3. The Bertz CT molecular complexity index is 1320. The highest BCUT2D eigenvalue weighted by atomic mass is 16.6. The van der Waals surface area contributed by atoms with Gasteiger partial charge in [0.05, 0.1) is 32.3 Å². The van der Waals surface area contributed by atoms with Gasteiger partial charge in [-0.1, -0.05) is 85.6 Å². The van der Waals surface area contributed by atoms with Gasteiger partial charge in [-0.15, -0.1) is 0 Å². The second kappa shape index (κ2) is 17.9. The molecule has 8 heteroatoms.